The van der Waals surface area contributed by atoms with Crippen LogP contribution in [0.25, 0.3) is 0 Å². The number of benzene rings is 1. The highest BCUT2D eigenvalue weighted by Gasteiger charge is 2.52. The molecule has 22 heavy (non-hydrogen) atoms. The van der Waals surface area contributed by atoms with Crippen LogP contribution in [0.15, 0.2) is 24.3 Å². The number of amides is 3. The van der Waals surface area contributed by atoms with Crippen LogP contribution in [0.1, 0.15) is 19.4 Å². The van der Waals surface area contributed by atoms with Gasteiger partial charge in [-0.3, -0.25) is 4.79 Å². The average molecular weight is 307 g/mol. The normalized spacial score (nSPS) is 21.4. The second-order valence-electron chi connectivity index (χ2n) is 5.57. The van der Waals surface area contributed by atoms with E-state index in [1.165, 1.54) is 0 Å². The molecule has 0 spiro atoms. The maximum absolute atomic E-state index is 12.2. The number of urea groups is 1. The molecule has 0 bridgehead atoms. The molecule has 1 aromatic rings. The van der Waals surface area contributed by atoms with Crippen molar-refractivity contribution in [3.63, 3.8) is 0 Å². The fourth-order valence-corrected chi connectivity index (χ4v) is 2.32. The van der Waals surface area contributed by atoms with Crippen molar-refractivity contribution in [1.29, 1.82) is 0 Å². The van der Waals surface area contributed by atoms with Crippen molar-refractivity contribution >= 4 is 11.9 Å². The van der Waals surface area contributed by atoms with Gasteiger partial charge in [-0.2, -0.15) is 5.01 Å². The smallest absolute Gasteiger partial charge is 0.339 e. The summed E-state index contributed by atoms with van der Waals surface area (Å²) in [5, 5.41) is 3.25. The Balaban J connectivity index is 2.01. The molecule has 1 atom stereocenters. The number of nitrogens with zero attached hydrogens (tertiary/aromatic N) is 1. The summed E-state index contributed by atoms with van der Waals surface area (Å²) in [6.45, 7) is 4.07. The van der Waals surface area contributed by atoms with E-state index in [1.54, 1.807) is 7.11 Å². The number of methoxy groups -OCH3 is 1. The Morgan fingerprint density at radius 3 is 2.36 bits per heavy atom. The highest BCUT2D eigenvalue weighted by molar-refractivity contribution is 6.06. The lowest BCUT2D eigenvalue weighted by atomic mass is 9.87. The highest BCUT2D eigenvalue weighted by Crippen LogP contribution is 2.25. The molecule has 0 aliphatic carbocycles. The number of carbonyl (C=O) groups is 2. The molecule has 0 radical (unpaired) electrons. The van der Waals surface area contributed by atoms with Crippen LogP contribution in [-0.4, -0.2) is 36.2 Å². The summed E-state index contributed by atoms with van der Waals surface area (Å²) in [6, 6.07) is 6.82. The molecule has 7 heteroatoms. The molecule has 0 aromatic heterocycles. The SMILES string of the molecule is COc1ccc(COCC2(C(C)C)NC(=O)N(N)C2=O)cc1. The van der Waals surface area contributed by atoms with Gasteiger partial charge in [-0.25, -0.2) is 10.6 Å². The first-order valence-corrected chi connectivity index (χ1v) is 7.03. The highest BCUT2D eigenvalue weighted by atomic mass is 16.5. The Hall–Kier alpha value is -2.12. The Kier molecular flexibility index (Phi) is 4.68. The Labute approximate surface area is 129 Å². The lowest BCUT2D eigenvalue weighted by Crippen LogP contribution is -2.55. The molecule has 1 saturated heterocycles. The number of carbonyl (C=O) groups excluding carboxylic acids is 2. The lowest BCUT2D eigenvalue weighted by molar-refractivity contribution is -0.136. The van der Waals surface area contributed by atoms with E-state index in [4.69, 9.17) is 15.3 Å². The zero-order valence-corrected chi connectivity index (χ0v) is 13.0. The van der Waals surface area contributed by atoms with Crippen LogP contribution in [0.3, 0.4) is 0 Å². The summed E-state index contributed by atoms with van der Waals surface area (Å²) in [6.07, 6.45) is 0. The van der Waals surface area contributed by atoms with Gasteiger partial charge in [0.15, 0.2) is 0 Å². The quantitative estimate of drug-likeness (QED) is 0.465. The second kappa shape index (κ2) is 6.33. The van der Waals surface area contributed by atoms with Crippen LogP contribution in [0.2, 0.25) is 0 Å². The third-order valence-corrected chi connectivity index (χ3v) is 3.89. The molecule has 0 saturated carbocycles. The molecule has 120 valence electrons. The summed E-state index contributed by atoms with van der Waals surface area (Å²) < 4.78 is 10.7. The van der Waals surface area contributed by atoms with E-state index < -0.39 is 17.5 Å². The van der Waals surface area contributed by atoms with Crippen molar-refractivity contribution in [1.82, 2.24) is 10.3 Å². The van der Waals surface area contributed by atoms with Gasteiger partial charge >= 0.3 is 6.03 Å². The molecular formula is C15H21N3O4. The third-order valence-electron chi connectivity index (χ3n) is 3.89. The van der Waals surface area contributed by atoms with E-state index in [-0.39, 0.29) is 12.5 Å². The molecule has 1 heterocycles. The molecule has 3 N–H and O–H groups in total. The summed E-state index contributed by atoms with van der Waals surface area (Å²) in [5.74, 6) is 5.60. The first-order chi connectivity index (χ1) is 10.4. The van der Waals surface area contributed by atoms with Gasteiger partial charge < -0.3 is 14.8 Å². The van der Waals surface area contributed by atoms with E-state index in [0.29, 0.717) is 11.6 Å². The Bertz CT molecular complexity index is 558. The fraction of sp³-hybridized carbons (Fsp3) is 0.467. The zero-order chi connectivity index (χ0) is 16.3. The molecule has 3 amide bonds. The van der Waals surface area contributed by atoms with Crippen molar-refractivity contribution in [3.05, 3.63) is 29.8 Å². The monoisotopic (exact) mass is 307 g/mol. The topological polar surface area (TPSA) is 93.9 Å². The number of nitrogens with one attached hydrogen (secondary N) is 1. The van der Waals surface area contributed by atoms with Crippen LogP contribution >= 0.6 is 0 Å². The minimum atomic E-state index is -1.11. The molecule has 1 aliphatic heterocycles. The number of hydrogen-bond donors (Lipinski definition) is 2. The van der Waals surface area contributed by atoms with Crippen LogP contribution < -0.4 is 15.9 Å². The van der Waals surface area contributed by atoms with Crippen molar-refractivity contribution in [2.45, 2.75) is 26.0 Å². The second-order valence-corrected chi connectivity index (χ2v) is 5.57. The number of nitrogens with two attached hydrogens (primary N) is 1. The number of imide groups is 1. The minimum absolute atomic E-state index is 0.0645. The van der Waals surface area contributed by atoms with Gasteiger partial charge in [0.05, 0.1) is 20.3 Å². The maximum Gasteiger partial charge on any atom is 0.339 e. The van der Waals surface area contributed by atoms with E-state index in [1.807, 2.05) is 38.1 Å². The van der Waals surface area contributed by atoms with Gasteiger partial charge in [0.25, 0.3) is 5.91 Å². The van der Waals surface area contributed by atoms with Crippen LogP contribution in [-0.2, 0) is 16.1 Å². The van der Waals surface area contributed by atoms with Crippen molar-refractivity contribution in [2.75, 3.05) is 13.7 Å². The number of ether oxygens (including phenoxy) is 2. The molecular weight excluding hydrogens is 286 g/mol. The fourth-order valence-electron chi connectivity index (χ4n) is 2.32. The van der Waals surface area contributed by atoms with Gasteiger partial charge in [0.1, 0.15) is 11.3 Å². The van der Waals surface area contributed by atoms with Crippen molar-refractivity contribution < 1.29 is 19.1 Å². The summed E-state index contributed by atoms with van der Waals surface area (Å²) >= 11 is 0. The standard InChI is InChI=1S/C15H21N3O4/c1-10(2)15(13(19)18(16)14(20)17-15)9-22-8-11-4-6-12(21-3)7-5-11/h4-7,10H,8-9,16H2,1-3H3,(H,17,20). The Morgan fingerprint density at radius 1 is 1.27 bits per heavy atom. The average Bonchev–Trinajstić information content (AvgIpc) is 2.73. The predicted octanol–water partition coefficient (Wildman–Crippen LogP) is 1.03. The van der Waals surface area contributed by atoms with E-state index in [2.05, 4.69) is 5.32 Å². The minimum Gasteiger partial charge on any atom is -0.497 e. The third kappa shape index (κ3) is 2.90. The first-order valence-electron chi connectivity index (χ1n) is 7.03. The molecule has 2 rings (SSSR count). The molecule has 1 aliphatic rings. The van der Waals surface area contributed by atoms with Gasteiger partial charge in [-0.15, -0.1) is 0 Å². The predicted molar refractivity (Wildman–Crippen MR) is 79.8 cm³/mol. The molecule has 7 nitrogen and oxygen atoms in total. The van der Waals surface area contributed by atoms with E-state index in [9.17, 15) is 9.59 Å². The van der Waals surface area contributed by atoms with E-state index in [0.717, 1.165) is 11.3 Å². The summed E-state index contributed by atoms with van der Waals surface area (Å²) in [4.78, 5) is 23.8. The van der Waals surface area contributed by atoms with Gasteiger partial charge in [0.2, 0.25) is 0 Å². The number of hydrazine groups is 1. The van der Waals surface area contributed by atoms with Gasteiger partial charge in [0, 0.05) is 0 Å². The van der Waals surface area contributed by atoms with E-state index >= 15 is 0 Å². The van der Waals surface area contributed by atoms with Crippen LogP contribution in [0.4, 0.5) is 4.79 Å². The van der Waals surface area contributed by atoms with Gasteiger partial charge in [-0.1, -0.05) is 26.0 Å². The first kappa shape index (κ1) is 16.3. The number of hydrogen-bond acceptors (Lipinski definition) is 5. The molecule has 1 fully saturated rings. The van der Waals surface area contributed by atoms with Crippen LogP contribution in [0, 0.1) is 5.92 Å². The van der Waals surface area contributed by atoms with Crippen molar-refractivity contribution in [2.24, 2.45) is 11.8 Å². The summed E-state index contributed by atoms with van der Waals surface area (Å²) in [5.41, 5.74) is -0.167. The molecule has 1 unspecified atom stereocenters. The Morgan fingerprint density at radius 2 is 1.91 bits per heavy atom. The lowest BCUT2D eigenvalue weighted by Gasteiger charge is -2.30. The maximum atomic E-state index is 12.2. The molecule has 1 aromatic carbocycles. The van der Waals surface area contributed by atoms with Gasteiger partial charge in [-0.05, 0) is 23.6 Å². The summed E-state index contributed by atoms with van der Waals surface area (Å²) in [7, 11) is 1.60. The zero-order valence-electron chi connectivity index (χ0n) is 13.0. The largest absolute Gasteiger partial charge is 0.497 e. The van der Waals surface area contributed by atoms with Crippen LogP contribution in [0.5, 0.6) is 5.75 Å². The number of rotatable bonds is 6. The van der Waals surface area contributed by atoms with Crippen molar-refractivity contribution in [3.8, 4) is 5.75 Å².